The first-order valence-corrected chi connectivity index (χ1v) is 8.16. The highest BCUT2D eigenvalue weighted by Crippen LogP contribution is 2.20. The van der Waals surface area contributed by atoms with Crippen LogP contribution in [0.2, 0.25) is 0 Å². The molecular weight excluding hydrogens is 284 g/mol. The van der Waals surface area contributed by atoms with Gasteiger partial charge in [-0.3, -0.25) is 14.5 Å². The van der Waals surface area contributed by atoms with E-state index in [-0.39, 0.29) is 36.6 Å². The zero-order chi connectivity index (χ0) is 16.9. The van der Waals surface area contributed by atoms with Gasteiger partial charge in [-0.2, -0.15) is 0 Å². The Balaban J connectivity index is 2.91. The molecule has 6 heteroatoms. The maximum absolute atomic E-state index is 12.9. The van der Waals surface area contributed by atoms with Gasteiger partial charge in [0.25, 0.3) is 0 Å². The van der Waals surface area contributed by atoms with E-state index < -0.39 is 5.97 Å². The van der Waals surface area contributed by atoms with E-state index in [0.29, 0.717) is 19.6 Å². The topological polar surface area (TPSA) is 70.1 Å². The van der Waals surface area contributed by atoms with Gasteiger partial charge in [0.2, 0.25) is 5.91 Å². The van der Waals surface area contributed by atoms with Crippen LogP contribution in [0.15, 0.2) is 0 Å². The second-order valence-electron chi connectivity index (χ2n) is 6.55. The Morgan fingerprint density at radius 3 is 2.23 bits per heavy atom. The van der Waals surface area contributed by atoms with Crippen LogP contribution in [0.3, 0.4) is 0 Å². The van der Waals surface area contributed by atoms with Gasteiger partial charge < -0.3 is 14.7 Å². The van der Waals surface area contributed by atoms with Gasteiger partial charge in [-0.05, 0) is 26.2 Å². The molecule has 0 radical (unpaired) electrons. The lowest BCUT2D eigenvalue weighted by Crippen LogP contribution is -2.58. The van der Waals surface area contributed by atoms with Crippen molar-refractivity contribution < 1.29 is 19.4 Å². The molecule has 1 N–H and O–H groups in total. The molecule has 0 bridgehead atoms. The lowest BCUT2D eigenvalue weighted by atomic mass is 9.99. The summed E-state index contributed by atoms with van der Waals surface area (Å²) in [5.74, 6) is -0.924. The first-order chi connectivity index (χ1) is 10.3. The van der Waals surface area contributed by atoms with Crippen LogP contribution in [0.1, 0.15) is 41.0 Å². The Hall–Kier alpha value is -1.14. The van der Waals surface area contributed by atoms with Gasteiger partial charge in [0.15, 0.2) is 0 Å². The summed E-state index contributed by atoms with van der Waals surface area (Å²) in [6, 6.07) is -0.292. The van der Waals surface area contributed by atoms with Crippen molar-refractivity contribution in [2.24, 2.45) is 5.92 Å². The molecular formula is C16H30N2O4. The lowest BCUT2D eigenvalue weighted by molar-refractivity contribution is -0.151. The quantitative estimate of drug-likeness (QED) is 0.770. The van der Waals surface area contributed by atoms with Gasteiger partial charge in [0.1, 0.15) is 6.54 Å². The highest BCUT2D eigenvalue weighted by atomic mass is 16.5. The van der Waals surface area contributed by atoms with Crippen LogP contribution >= 0.6 is 0 Å². The first-order valence-electron chi connectivity index (χ1n) is 8.16. The molecule has 0 aliphatic carbocycles. The third-order valence-electron chi connectivity index (χ3n) is 3.86. The summed E-state index contributed by atoms with van der Waals surface area (Å²) in [7, 11) is 0. The molecule has 1 fully saturated rings. The highest BCUT2D eigenvalue weighted by Gasteiger charge is 2.36. The average Bonchev–Trinajstić information content (AvgIpc) is 2.36. The largest absolute Gasteiger partial charge is 0.480 e. The van der Waals surface area contributed by atoms with E-state index in [4.69, 9.17) is 9.84 Å². The summed E-state index contributed by atoms with van der Waals surface area (Å²) >= 11 is 0. The molecule has 1 amide bonds. The van der Waals surface area contributed by atoms with Crippen molar-refractivity contribution in [3.63, 3.8) is 0 Å². The van der Waals surface area contributed by atoms with Gasteiger partial charge in [-0.1, -0.05) is 20.8 Å². The third-order valence-corrected chi connectivity index (χ3v) is 3.86. The van der Waals surface area contributed by atoms with Crippen LogP contribution in [-0.2, 0) is 14.3 Å². The number of carbonyl (C=O) groups excluding carboxylic acids is 1. The number of aliphatic carboxylic acids is 1. The van der Waals surface area contributed by atoms with Crippen LogP contribution in [-0.4, -0.2) is 71.2 Å². The number of amides is 1. The number of rotatable bonds is 7. The standard InChI is InChI=1S/C16H30N2O4/c1-6-7-17(10-14(19)20)16(21)15(11(2)3)18-8-12(4)22-13(5)9-18/h11-13,15H,6-10H2,1-5H3,(H,19,20). The zero-order valence-corrected chi connectivity index (χ0v) is 14.4. The number of carboxylic acid groups (broad SMARTS) is 1. The van der Waals surface area contributed by atoms with Crippen LogP contribution in [0, 0.1) is 5.92 Å². The van der Waals surface area contributed by atoms with Crippen molar-refractivity contribution in [3.05, 3.63) is 0 Å². The van der Waals surface area contributed by atoms with E-state index in [1.54, 1.807) is 0 Å². The monoisotopic (exact) mass is 314 g/mol. The molecule has 3 unspecified atom stereocenters. The number of carbonyl (C=O) groups is 2. The second-order valence-corrected chi connectivity index (χ2v) is 6.55. The Morgan fingerprint density at radius 1 is 1.27 bits per heavy atom. The third kappa shape index (κ3) is 5.25. The molecule has 1 heterocycles. The first kappa shape index (κ1) is 18.9. The Morgan fingerprint density at radius 2 is 1.82 bits per heavy atom. The van der Waals surface area contributed by atoms with E-state index in [0.717, 1.165) is 6.42 Å². The summed E-state index contributed by atoms with van der Waals surface area (Å²) in [5.41, 5.74) is 0. The summed E-state index contributed by atoms with van der Waals surface area (Å²) < 4.78 is 5.74. The molecule has 0 aromatic carbocycles. The van der Waals surface area contributed by atoms with Gasteiger partial charge in [0, 0.05) is 19.6 Å². The van der Waals surface area contributed by atoms with E-state index in [2.05, 4.69) is 4.90 Å². The average molecular weight is 314 g/mol. The van der Waals surface area contributed by atoms with Gasteiger partial charge in [-0.15, -0.1) is 0 Å². The van der Waals surface area contributed by atoms with Crippen molar-refractivity contribution in [1.29, 1.82) is 0 Å². The van der Waals surface area contributed by atoms with Gasteiger partial charge >= 0.3 is 5.97 Å². The SMILES string of the molecule is CCCN(CC(=O)O)C(=O)C(C(C)C)N1CC(C)OC(C)C1. The van der Waals surface area contributed by atoms with Crippen LogP contribution in [0.5, 0.6) is 0 Å². The maximum Gasteiger partial charge on any atom is 0.323 e. The molecule has 3 atom stereocenters. The van der Waals surface area contributed by atoms with Crippen LogP contribution in [0.25, 0.3) is 0 Å². The van der Waals surface area contributed by atoms with E-state index in [1.165, 1.54) is 4.90 Å². The molecule has 1 aliphatic heterocycles. The molecule has 1 saturated heterocycles. The summed E-state index contributed by atoms with van der Waals surface area (Å²) in [6.45, 7) is 11.6. The van der Waals surface area contributed by atoms with E-state index in [9.17, 15) is 9.59 Å². The Labute approximate surface area is 133 Å². The van der Waals surface area contributed by atoms with Crippen LogP contribution in [0.4, 0.5) is 0 Å². The number of hydrogen-bond donors (Lipinski definition) is 1. The van der Waals surface area contributed by atoms with Gasteiger partial charge in [0.05, 0.1) is 18.2 Å². The fourth-order valence-corrected chi connectivity index (χ4v) is 3.20. The van der Waals surface area contributed by atoms with E-state index in [1.807, 2.05) is 34.6 Å². The fraction of sp³-hybridized carbons (Fsp3) is 0.875. The molecule has 0 spiro atoms. The summed E-state index contributed by atoms with van der Waals surface area (Å²) in [6.07, 6.45) is 0.911. The second kappa shape index (κ2) is 8.48. The molecule has 0 aromatic heterocycles. The maximum atomic E-state index is 12.9. The van der Waals surface area contributed by atoms with Crippen molar-refractivity contribution in [2.45, 2.75) is 59.3 Å². The molecule has 22 heavy (non-hydrogen) atoms. The number of hydrogen-bond acceptors (Lipinski definition) is 4. The molecule has 128 valence electrons. The number of ether oxygens (including phenoxy) is 1. The summed E-state index contributed by atoms with van der Waals surface area (Å²) in [4.78, 5) is 27.6. The Kier molecular flexibility index (Phi) is 7.29. The minimum Gasteiger partial charge on any atom is -0.480 e. The molecule has 0 saturated carbocycles. The lowest BCUT2D eigenvalue weighted by Gasteiger charge is -2.42. The molecule has 0 aromatic rings. The minimum atomic E-state index is -0.965. The van der Waals surface area contributed by atoms with Gasteiger partial charge in [-0.25, -0.2) is 0 Å². The molecule has 1 aliphatic rings. The minimum absolute atomic E-state index is 0.0805. The smallest absolute Gasteiger partial charge is 0.323 e. The normalized spacial score (nSPS) is 24.3. The number of nitrogens with zero attached hydrogens (tertiary/aromatic N) is 2. The van der Waals surface area contributed by atoms with Crippen molar-refractivity contribution in [3.8, 4) is 0 Å². The molecule has 6 nitrogen and oxygen atoms in total. The van der Waals surface area contributed by atoms with Crippen molar-refractivity contribution in [2.75, 3.05) is 26.2 Å². The summed E-state index contributed by atoms with van der Waals surface area (Å²) in [5, 5.41) is 9.05. The van der Waals surface area contributed by atoms with Crippen molar-refractivity contribution in [1.82, 2.24) is 9.80 Å². The predicted molar refractivity (Wildman–Crippen MR) is 84.7 cm³/mol. The fourth-order valence-electron chi connectivity index (χ4n) is 3.20. The zero-order valence-electron chi connectivity index (χ0n) is 14.4. The van der Waals surface area contributed by atoms with Crippen molar-refractivity contribution >= 4 is 11.9 Å². The van der Waals surface area contributed by atoms with E-state index >= 15 is 0 Å². The number of morpholine rings is 1. The highest BCUT2D eigenvalue weighted by molar-refractivity contribution is 5.85. The Bertz CT molecular complexity index is 376. The predicted octanol–water partition coefficient (Wildman–Crippen LogP) is 1.44. The number of carboxylic acids is 1. The molecule has 1 rings (SSSR count). The van der Waals surface area contributed by atoms with Crippen LogP contribution < -0.4 is 0 Å².